The van der Waals surface area contributed by atoms with Gasteiger partial charge in [-0.25, -0.2) is 4.79 Å². The van der Waals surface area contributed by atoms with Gasteiger partial charge in [-0.3, -0.25) is 4.79 Å². The molecule has 2 aliphatic rings. The topological polar surface area (TPSA) is 70.7 Å². The van der Waals surface area contributed by atoms with Crippen LogP contribution in [0.25, 0.3) is 0 Å². The average molecular weight is 345 g/mol. The van der Waals surface area contributed by atoms with Crippen LogP contribution in [-0.4, -0.2) is 49.2 Å². The molecule has 1 aromatic carbocycles. The highest BCUT2D eigenvalue weighted by molar-refractivity contribution is 5.89. The molecule has 6 heteroatoms. The smallest absolute Gasteiger partial charge is 0.321 e. The first-order valence-electron chi connectivity index (χ1n) is 9.20. The van der Waals surface area contributed by atoms with Gasteiger partial charge < -0.3 is 20.3 Å². The third-order valence-corrected chi connectivity index (χ3v) is 4.95. The van der Waals surface area contributed by atoms with Gasteiger partial charge in [-0.15, -0.1) is 0 Å². The summed E-state index contributed by atoms with van der Waals surface area (Å²) < 4.78 is 5.52. The minimum Gasteiger partial charge on any atom is -0.376 e. The fraction of sp³-hybridized carbons (Fsp3) is 0.579. The summed E-state index contributed by atoms with van der Waals surface area (Å²) in [6.45, 7) is 2.83. The molecule has 0 aliphatic carbocycles. The predicted octanol–water partition coefficient (Wildman–Crippen LogP) is 2.62. The molecule has 0 bridgehead atoms. The molecule has 2 fully saturated rings. The van der Waals surface area contributed by atoms with Gasteiger partial charge >= 0.3 is 6.03 Å². The van der Waals surface area contributed by atoms with Gasteiger partial charge in [0.15, 0.2) is 0 Å². The van der Waals surface area contributed by atoms with E-state index in [1.807, 2.05) is 35.2 Å². The molecule has 2 saturated heterocycles. The van der Waals surface area contributed by atoms with Gasteiger partial charge in [0.1, 0.15) is 0 Å². The van der Waals surface area contributed by atoms with Crippen molar-refractivity contribution >= 4 is 17.6 Å². The van der Waals surface area contributed by atoms with Gasteiger partial charge in [0.2, 0.25) is 5.91 Å². The number of para-hydroxylation sites is 1. The van der Waals surface area contributed by atoms with Crippen molar-refractivity contribution in [3.05, 3.63) is 30.3 Å². The monoisotopic (exact) mass is 345 g/mol. The van der Waals surface area contributed by atoms with Gasteiger partial charge in [-0.2, -0.15) is 0 Å². The van der Waals surface area contributed by atoms with Crippen LogP contribution in [0.2, 0.25) is 0 Å². The summed E-state index contributed by atoms with van der Waals surface area (Å²) in [4.78, 5) is 26.2. The molecule has 0 unspecified atom stereocenters. The number of hydrogen-bond donors (Lipinski definition) is 2. The molecule has 2 aliphatic heterocycles. The highest BCUT2D eigenvalue weighted by Gasteiger charge is 2.25. The molecule has 0 aromatic heterocycles. The number of rotatable bonds is 5. The van der Waals surface area contributed by atoms with E-state index >= 15 is 0 Å². The van der Waals surface area contributed by atoms with E-state index in [4.69, 9.17) is 4.74 Å². The lowest BCUT2D eigenvalue weighted by Gasteiger charge is -2.31. The van der Waals surface area contributed by atoms with Crippen LogP contribution < -0.4 is 10.6 Å². The van der Waals surface area contributed by atoms with Crippen molar-refractivity contribution in [2.24, 2.45) is 5.92 Å². The highest BCUT2D eigenvalue weighted by Crippen LogP contribution is 2.21. The van der Waals surface area contributed by atoms with Crippen molar-refractivity contribution in [3.63, 3.8) is 0 Å². The van der Waals surface area contributed by atoms with Crippen LogP contribution in [0.15, 0.2) is 30.3 Å². The molecule has 136 valence electrons. The molecular weight excluding hydrogens is 318 g/mol. The summed E-state index contributed by atoms with van der Waals surface area (Å²) in [6, 6.07) is 9.41. The quantitative estimate of drug-likeness (QED) is 0.862. The molecule has 0 spiro atoms. The normalized spacial score (nSPS) is 21.1. The van der Waals surface area contributed by atoms with Crippen molar-refractivity contribution in [1.82, 2.24) is 10.2 Å². The van der Waals surface area contributed by atoms with Crippen LogP contribution in [-0.2, 0) is 9.53 Å². The molecule has 3 amide bonds. The second kappa shape index (κ2) is 8.85. The molecular formula is C19H27N3O3. The van der Waals surface area contributed by atoms with E-state index in [1.54, 1.807) is 0 Å². The van der Waals surface area contributed by atoms with Gasteiger partial charge in [-0.05, 0) is 43.7 Å². The number of benzene rings is 1. The Bertz CT molecular complexity index is 565. The predicted molar refractivity (Wildman–Crippen MR) is 96.4 cm³/mol. The van der Waals surface area contributed by atoms with Gasteiger partial charge in [0.25, 0.3) is 0 Å². The third kappa shape index (κ3) is 5.46. The molecule has 2 N–H and O–H groups in total. The minimum atomic E-state index is -0.0625. The summed E-state index contributed by atoms with van der Waals surface area (Å²) in [5.41, 5.74) is 0.808. The lowest BCUT2D eigenvalue weighted by molar-refractivity contribution is -0.122. The summed E-state index contributed by atoms with van der Waals surface area (Å²) in [5.74, 6) is 0.452. The van der Waals surface area contributed by atoms with Crippen molar-refractivity contribution < 1.29 is 14.3 Å². The number of nitrogens with one attached hydrogen (secondary N) is 2. The molecule has 1 aromatic rings. The molecule has 1 atom stereocenters. The zero-order chi connectivity index (χ0) is 17.5. The lowest BCUT2D eigenvalue weighted by atomic mass is 9.93. The number of carbonyl (C=O) groups excluding carboxylic acids is 2. The molecule has 25 heavy (non-hydrogen) atoms. The highest BCUT2D eigenvalue weighted by atomic mass is 16.5. The van der Waals surface area contributed by atoms with Crippen molar-refractivity contribution in [1.29, 1.82) is 0 Å². The van der Waals surface area contributed by atoms with Crippen LogP contribution >= 0.6 is 0 Å². The van der Waals surface area contributed by atoms with Gasteiger partial charge in [-0.1, -0.05) is 18.2 Å². The van der Waals surface area contributed by atoms with E-state index in [9.17, 15) is 9.59 Å². The summed E-state index contributed by atoms with van der Waals surface area (Å²) >= 11 is 0. The standard InChI is InChI=1S/C19H27N3O3/c23-18(20-14-17-7-4-12-25-17)13-15-8-10-22(11-9-15)19(24)21-16-5-2-1-3-6-16/h1-3,5-6,15,17H,4,7-14H2,(H,20,23)(H,21,24)/t17-/m0/s1. The van der Waals surface area contributed by atoms with E-state index in [2.05, 4.69) is 10.6 Å². The summed E-state index contributed by atoms with van der Waals surface area (Å²) in [7, 11) is 0. The van der Waals surface area contributed by atoms with E-state index < -0.39 is 0 Å². The van der Waals surface area contributed by atoms with E-state index in [0.717, 1.165) is 38.0 Å². The zero-order valence-corrected chi connectivity index (χ0v) is 14.6. The average Bonchev–Trinajstić information content (AvgIpc) is 3.15. The number of anilines is 1. The number of likely N-dealkylation sites (tertiary alicyclic amines) is 1. The lowest BCUT2D eigenvalue weighted by Crippen LogP contribution is -2.42. The summed E-state index contributed by atoms with van der Waals surface area (Å²) in [5, 5.41) is 5.89. The number of carbonyl (C=O) groups is 2. The number of nitrogens with zero attached hydrogens (tertiary/aromatic N) is 1. The Hall–Kier alpha value is -2.08. The maximum atomic E-state index is 12.3. The number of hydrogen-bond acceptors (Lipinski definition) is 3. The Morgan fingerprint density at radius 3 is 2.56 bits per heavy atom. The van der Waals surface area contributed by atoms with E-state index in [1.165, 1.54) is 0 Å². The fourth-order valence-corrected chi connectivity index (χ4v) is 3.43. The minimum absolute atomic E-state index is 0.0625. The Labute approximate surface area is 148 Å². The molecule has 2 heterocycles. The fourth-order valence-electron chi connectivity index (χ4n) is 3.43. The van der Waals surface area contributed by atoms with Crippen molar-refractivity contribution in [3.8, 4) is 0 Å². The zero-order valence-electron chi connectivity index (χ0n) is 14.6. The molecule has 6 nitrogen and oxygen atoms in total. The SMILES string of the molecule is O=C(CC1CCN(C(=O)Nc2ccccc2)CC1)NC[C@@H]1CCCO1. The van der Waals surface area contributed by atoms with Crippen molar-refractivity contribution in [2.45, 2.75) is 38.2 Å². The van der Waals surface area contributed by atoms with Crippen LogP contribution in [0.1, 0.15) is 32.1 Å². The first kappa shape index (κ1) is 17.7. The first-order valence-corrected chi connectivity index (χ1v) is 9.20. The maximum absolute atomic E-state index is 12.3. The number of piperidine rings is 1. The second-order valence-electron chi connectivity index (χ2n) is 6.87. The van der Waals surface area contributed by atoms with Crippen molar-refractivity contribution in [2.75, 3.05) is 31.6 Å². The Morgan fingerprint density at radius 1 is 1.12 bits per heavy atom. The van der Waals surface area contributed by atoms with Crippen LogP contribution in [0.4, 0.5) is 10.5 Å². The summed E-state index contributed by atoms with van der Waals surface area (Å²) in [6.07, 6.45) is 4.60. The van der Waals surface area contributed by atoms with Crippen LogP contribution in [0.5, 0.6) is 0 Å². The number of amides is 3. The number of urea groups is 1. The Balaban J connectivity index is 1.35. The van der Waals surface area contributed by atoms with Gasteiger partial charge in [0, 0.05) is 38.3 Å². The molecule has 0 saturated carbocycles. The Kier molecular flexibility index (Phi) is 6.28. The van der Waals surface area contributed by atoms with E-state index in [-0.39, 0.29) is 18.0 Å². The largest absolute Gasteiger partial charge is 0.376 e. The van der Waals surface area contributed by atoms with Gasteiger partial charge in [0.05, 0.1) is 6.10 Å². The maximum Gasteiger partial charge on any atom is 0.321 e. The second-order valence-corrected chi connectivity index (χ2v) is 6.87. The molecule has 0 radical (unpaired) electrons. The Morgan fingerprint density at radius 2 is 1.88 bits per heavy atom. The van der Waals surface area contributed by atoms with Crippen LogP contribution in [0, 0.1) is 5.92 Å². The number of ether oxygens (including phenoxy) is 1. The van der Waals surface area contributed by atoms with Crippen LogP contribution in [0.3, 0.4) is 0 Å². The molecule has 3 rings (SSSR count). The van der Waals surface area contributed by atoms with E-state index in [0.29, 0.717) is 32.0 Å². The third-order valence-electron chi connectivity index (χ3n) is 4.95. The first-order chi connectivity index (χ1) is 12.2.